The van der Waals surface area contributed by atoms with Crippen molar-refractivity contribution in [3.8, 4) is 0 Å². The number of aliphatic hydroxyl groups is 1. The first-order valence-electron chi connectivity index (χ1n) is 11.9. The molecule has 1 aromatic heterocycles. The lowest BCUT2D eigenvalue weighted by molar-refractivity contribution is -0.127. The number of aryl methyl sites for hydroxylation is 1. The van der Waals surface area contributed by atoms with Crippen molar-refractivity contribution in [3.05, 3.63) is 71.1 Å². The highest BCUT2D eigenvalue weighted by Crippen LogP contribution is 2.63. The smallest absolute Gasteiger partial charge is 0.225 e. The van der Waals surface area contributed by atoms with Crippen molar-refractivity contribution in [1.29, 1.82) is 0 Å². The number of amides is 1. The van der Waals surface area contributed by atoms with Gasteiger partial charge in [0.2, 0.25) is 5.91 Å². The van der Waals surface area contributed by atoms with Gasteiger partial charge in [0.25, 0.3) is 0 Å². The third-order valence-electron chi connectivity index (χ3n) is 8.39. The van der Waals surface area contributed by atoms with E-state index < -0.39 is 23.0 Å². The number of Topliss-reactive ketones (excluding diaryl/α,β-unsaturated/α-hetero) is 1. The minimum Gasteiger partial charge on any atom is -0.515 e. The molecule has 3 aliphatic rings. The molecule has 5 atom stereocenters. The molecular weight excluding hydrogens is 438 g/mol. The monoisotopic (exact) mass is 466 g/mol. The third kappa shape index (κ3) is 3.62. The fourth-order valence-electron chi connectivity index (χ4n) is 6.95. The molecule has 2 N–H and O–H groups in total. The Morgan fingerprint density at radius 1 is 1.29 bits per heavy atom. The van der Waals surface area contributed by atoms with Crippen LogP contribution in [-0.4, -0.2) is 21.8 Å². The van der Waals surface area contributed by atoms with Crippen LogP contribution in [0, 0.1) is 34.8 Å². The van der Waals surface area contributed by atoms with E-state index in [2.05, 4.69) is 34.6 Å². The number of hydrogen-bond donors (Lipinski definition) is 2. The summed E-state index contributed by atoms with van der Waals surface area (Å²) in [6.45, 7) is 2.01. The molecule has 178 valence electrons. The highest BCUT2D eigenvalue weighted by atomic mass is 19.1. The summed E-state index contributed by atoms with van der Waals surface area (Å²) in [7, 11) is 0. The van der Waals surface area contributed by atoms with Crippen LogP contribution in [0.5, 0.6) is 0 Å². The van der Waals surface area contributed by atoms with E-state index in [4.69, 9.17) is 0 Å². The average molecular weight is 467 g/mol. The lowest BCUT2D eigenvalue weighted by Crippen LogP contribution is -2.44. The van der Waals surface area contributed by atoms with E-state index in [1.165, 1.54) is 11.1 Å². The van der Waals surface area contributed by atoms with Crippen LogP contribution in [0.2, 0.25) is 0 Å². The lowest BCUT2D eigenvalue weighted by Gasteiger charge is -2.49. The largest absolute Gasteiger partial charge is 0.515 e. The fraction of sp³-hybridized carbons (Fsp3) is 0.444. The number of allylic oxidation sites excluding steroid dienone is 1. The van der Waals surface area contributed by atoms with Crippen LogP contribution in [0.15, 0.2) is 48.4 Å². The van der Waals surface area contributed by atoms with Crippen molar-refractivity contribution in [2.75, 3.05) is 5.32 Å². The maximum atomic E-state index is 13.9. The molecule has 1 heterocycles. The number of nitrogens with one attached hydrogen (secondary N) is 1. The zero-order chi connectivity index (χ0) is 24.0. The van der Waals surface area contributed by atoms with Gasteiger partial charge in [-0.3, -0.25) is 9.59 Å². The van der Waals surface area contributed by atoms with Gasteiger partial charge in [-0.25, -0.2) is 13.8 Å². The molecule has 34 heavy (non-hydrogen) atoms. The van der Waals surface area contributed by atoms with Gasteiger partial charge in [0.15, 0.2) is 17.4 Å². The van der Waals surface area contributed by atoms with Gasteiger partial charge in [-0.1, -0.05) is 31.2 Å². The second-order valence-corrected chi connectivity index (χ2v) is 10.1. The first kappa shape index (κ1) is 22.7. The van der Waals surface area contributed by atoms with Gasteiger partial charge in [-0.05, 0) is 66.9 Å². The second-order valence-electron chi connectivity index (χ2n) is 10.1. The van der Waals surface area contributed by atoms with Crippen molar-refractivity contribution in [2.24, 2.45) is 23.2 Å². The topological polar surface area (TPSA) is 79.3 Å². The van der Waals surface area contributed by atoms with Crippen LogP contribution in [-0.2, 0) is 16.0 Å². The SMILES string of the molecule is C[C@]12CCC3c4ccccc4CCC3C1[C@H](CCC(=O)Nc1ncc(F)cc1F)/C(=C/O)C2=O. The number of ketones is 1. The number of carbonyl (C=O) groups is 2. The molecule has 5 rings (SSSR count). The fourth-order valence-corrected chi connectivity index (χ4v) is 6.95. The van der Waals surface area contributed by atoms with E-state index in [1.54, 1.807) is 0 Å². The summed E-state index contributed by atoms with van der Waals surface area (Å²) in [6, 6.07) is 9.18. The number of carbonyl (C=O) groups excluding carboxylic acids is 2. The highest BCUT2D eigenvalue weighted by Gasteiger charge is 2.60. The van der Waals surface area contributed by atoms with Crippen molar-refractivity contribution in [2.45, 2.75) is 51.4 Å². The Kier molecular flexibility index (Phi) is 5.74. The molecule has 2 fully saturated rings. The number of fused-ring (bicyclic) bond motifs is 5. The molecule has 5 nitrogen and oxygen atoms in total. The van der Waals surface area contributed by atoms with Crippen molar-refractivity contribution >= 4 is 17.5 Å². The number of nitrogens with zero attached hydrogens (tertiary/aromatic N) is 1. The predicted octanol–water partition coefficient (Wildman–Crippen LogP) is 5.48. The van der Waals surface area contributed by atoms with Gasteiger partial charge in [0, 0.05) is 23.5 Å². The zero-order valence-electron chi connectivity index (χ0n) is 19.1. The maximum Gasteiger partial charge on any atom is 0.225 e. The summed E-state index contributed by atoms with van der Waals surface area (Å²) in [5.74, 6) is -2.13. The lowest BCUT2D eigenvalue weighted by atomic mass is 9.54. The molecule has 7 heteroatoms. The highest BCUT2D eigenvalue weighted by molar-refractivity contribution is 6.03. The third-order valence-corrected chi connectivity index (χ3v) is 8.39. The number of halogens is 2. The van der Waals surface area contributed by atoms with Crippen molar-refractivity contribution in [1.82, 2.24) is 4.98 Å². The average Bonchev–Trinajstić information content (AvgIpc) is 3.05. The first-order chi connectivity index (χ1) is 16.3. The summed E-state index contributed by atoms with van der Waals surface area (Å²) >= 11 is 0. The molecule has 0 saturated heterocycles. The van der Waals surface area contributed by atoms with E-state index in [1.807, 2.05) is 6.92 Å². The predicted molar refractivity (Wildman–Crippen MR) is 123 cm³/mol. The van der Waals surface area contributed by atoms with Gasteiger partial charge in [-0.2, -0.15) is 0 Å². The van der Waals surface area contributed by atoms with Gasteiger partial charge in [0.1, 0.15) is 5.82 Å². The number of aromatic nitrogens is 1. The molecule has 2 saturated carbocycles. The standard InChI is InChI=1S/C27H28F2N2O3/c1-27-11-10-18-17-5-3-2-4-15(17)6-7-19(18)24(27)20(21(14-32)25(27)34)8-9-23(33)31-26-22(29)12-16(28)13-30-26/h2-5,12-14,18-20,24,32H,6-11H2,1H3,(H,30,31,33)/b21-14-/t18?,19?,20-,24?,27+/m1/s1. The molecule has 1 amide bonds. The van der Waals surface area contributed by atoms with E-state index in [0.717, 1.165) is 38.1 Å². The minimum absolute atomic E-state index is 0.0195. The maximum absolute atomic E-state index is 13.9. The van der Waals surface area contributed by atoms with Crippen molar-refractivity contribution < 1.29 is 23.5 Å². The van der Waals surface area contributed by atoms with Gasteiger partial charge in [-0.15, -0.1) is 0 Å². The summed E-state index contributed by atoms with van der Waals surface area (Å²) in [6.07, 6.45) is 5.78. The van der Waals surface area contributed by atoms with Crippen LogP contribution < -0.4 is 5.32 Å². The van der Waals surface area contributed by atoms with Gasteiger partial charge < -0.3 is 10.4 Å². The minimum atomic E-state index is -0.941. The molecule has 3 unspecified atom stereocenters. The van der Waals surface area contributed by atoms with Crippen LogP contribution >= 0.6 is 0 Å². The van der Waals surface area contributed by atoms with E-state index in [0.29, 0.717) is 29.9 Å². The molecule has 0 spiro atoms. The number of hydrogen-bond acceptors (Lipinski definition) is 4. The summed E-state index contributed by atoms with van der Waals surface area (Å²) in [4.78, 5) is 29.6. The van der Waals surface area contributed by atoms with Crippen LogP contribution in [0.3, 0.4) is 0 Å². The van der Waals surface area contributed by atoms with Crippen molar-refractivity contribution in [3.63, 3.8) is 0 Å². The number of aliphatic hydroxyl groups excluding tert-OH is 1. The van der Waals surface area contributed by atoms with Crippen LogP contribution in [0.25, 0.3) is 0 Å². The molecule has 0 radical (unpaired) electrons. The van der Waals surface area contributed by atoms with Crippen LogP contribution in [0.4, 0.5) is 14.6 Å². The molecule has 0 aliphatic heterocycles. The summed E-state index contributed by atoms with van der Waals surface area (Å²) in [5.41, 5.74) is 2.57. The van der Waals surface area contributed by atoms with Gasteiger partial charge in [0.05, 0.1) is 12.5 Å². The van der Waals surface area contributed by atoms with E-state index in [9.17, 15) is 23.5 Å². The Morgan fingerprint density at radius 2 is 2.09 bits per heavy atom. The Labute approximate surface area is 197 Å². The molecule has 1 aromatic carbocycles. The number of anilines is 1. The normalized spacial score (nSPS) is 31.0. The second kappa shape index (κ2) is 8.60. The first-order valence-corrected chi connectivity index (χ1v) is 11.9. The molecule has 3 aliphatic carbocycles. The summed E-state index contributed by atoms with van der Waals surface area (Å²) < 4.78 is 27.0. The molecule has 2 aromatic rings. The Bertz CT molecular complexity index is 1180. The molecular formula is C27H28F2N2O3. The van der Waals surface area contributed by atoms with E-state index >= 15 is 0 Å². The number of pyridine rings is 1. The van der Waals surface area contributed by atoms with Crippen LogP contribution in [0.1, 0.15) is 56.1 Å². The van der Waals surface area contributed by atoms with Gasteiger partial charge >= 0.3 is 0 Å². The van der Waals surface area contributed by atoms with E-state index in [-0.39, 0.29) is 29.9 Å². The Balaban J connectivity index is 1.39. The summed E-state index contributed by atoms with van der Waals surface area (Å²) in [5, 5.41) is 12.4. The quantitative estimate of drug-likeness (QED) is 0.462. The number of rotatable bonds is 4. The Morgan fingerprint density at radius 3 is 2.85 bits per heavy atom. The zero-order valence-corrected chi connectivity index (χ0v) is 19.1. The Hall–Kier alpha value is -3.09. The molecule has 0 bridgehead atoms. The number of benzene rings is 1.